The normalized spacial score (nSPS) is 14.2. The maximum absolute atomic E-state index is 11.9. The number of benzene rings is 1. The average molecular weight is 265 g/mol. The molecule has 3 N–H and O–H groups in total. The number of nitrogens with one attached hydrogen (secondary N) is 1. The van der Waals surface area contributed by atoms with Gasteiger partial charge in [0, 0.05) is 5.92 Å². The molecule has 4 heteroatoms. The summed E-state index contributed by atoms with van der Waals surface area (Å²) < 4.78 is 0. The van der Waals surface area contributed by atoms with Crippen LogP contribution in [0.4, 0.5) is 0 Å². The average Bonchev–Trinajstić information content (AvgIpc) is 2.39. The predicted molar refractivity (Wildman–Crippen MR) is 74.8 cm³/mol. The number of phenols is 1. The second kappa shape index (κ2) is 7.14. The molecule has 0 saturated heterocycles. The highest BCUT2D eigenvalue weighted by atomic mass is 16.3. The lowest BCUT2D eigenvalue weighted by atomic mass is 9.96. The van der Waals surface area contributed by atoms with Crippen molar-refractivity contribution in [3.05, 3.63) is 29.8 Å². The molecule has 0 radical (unpaired) electrons. The Kier molecular flexibility index (Phi) is 5.83. The van der Waals surface area contributed by atoms with Gasteiger partial charge in [0.2, 0.25) is 5.91 Å². The van der Waals surface area contributed by atoms with Crippen molar-refractivity contribution in [2.75, 3.05) is 6.61 Å². The summed E-state index contributed by atoms with van der Waals surface area (Å²) in [5.74, 6) is 0.372. The molecule has 1 amide bonds. The maximum Gasteiger partial charge on any atom is 0.223 e. The molecule has 0 spiro atoms. The van der Waals surface area contributed by atoms with Crippen LogP contribution in [-0.4, -0.2) is 28.8 Å². The van der Waals surface area contributed by atoms with E-state index >= 15 is 0 Å². The minimum absolute atomic E-state index is 0.0344. The number of aliphatic hydroxyl groups excluding tert-OH is 1. The van der Waals surface area contributed by atoms with Gasteiger partial charge in [-0.3, -0.25) is 4.79 Å². The van der Waals surface area contributed by atoms with Gasteiger partial charge < -0.3 is 15.5 Å². The Hall–Kier alpha value is -1.55. The standard InChI is InChI=1S/C15H23NO3/c1-10(2)11(3)15(19)16-13(9-17)8-12-4-6-14(18)7-5-12/h4-7,10-11,13,17-18H,8-9H2,1-3H3,(H,16,19). The van der Waals surface area contributed by atoms with E-state index in [1.165, 1.54) is 0 Å². The summed E-state index contributed by atoms with van der Waals surface area (Å²) in [6.07, 6.45) is 0.549. The predicted octanol–water partition coefficient (Wildman–Crippen LogP) is 1.70. The van der Waals surface area contributed by atoms with Gasteiger partial charge in [-0.15, -0.1) is 0 Å². The minimum atomic E-state index is -0.293. The number of carbonyl (C=O) groups excluding carboxylic acids is 1. The Morgan fingerprint density at radius 2 is 1.79 bits per heavy atom. The molecule has 0 saturated carbocycles. The zero-order valence-corrected chi connectivity index (χ0v) is 11.8. The third-order valence-corrected chi connectivity index (χ3v) is 3.40. The smallest absolute Gasteiger partial charge is 0.223 e. The lowest BCUT2D eigenvalue weighted by Gasteiger charge is -2.21. The maximum atomic E-state index is 11.9. The number of phenolic OH excluding ortho intramolecular Hbond substituents is 1. The molecular weight excluding hydrogens is 242 g/mol. The molecule has 0 bridgehead atoms. The zero-order chi connectivity index (χ0) is 14.4. The van der Waals surface area contributed by atoms with Crippen LogP contribution in [0.25, 0.3) is 0 Å². The van der Waals surface area contributed by atoms with E-state index in [0.29, 0.717) is 6.42 Å². The van der Waals surface area contributed by atoms with Crippen LogP contribution >= 0.6 is 0 Å². The third-order valence-electron chi connectivity index (χ3n) is 3.40. The highest BCUT2D eigenvalue weighted by molar-refractivity contribution is 5.78. The van der Waals surface area contributed by atoms with Gasteiger partial charge in [-0.1, -0.05) is 32.9 Å². The number of rotatable bonds is 6. The van der Waals surface area contributed by atoms with Gasteiger partial charge in [0.15, 0.2) is 0 Å². The SMILES string of the molecule is CC(C)C(C)C(=O)NC(CO)Cc1ccc(O)cc1. The summed E-state index contributed by atoms with van der Waals surface area (Å²) in [4.78, 5) is 11.9. The minimum Gasteiger partial charge on any atom is -0.508 e. The molecule has 0 aromatic heterocycles. The first-order valence-electron chi connectivity index (χ1n) is 6.63. The molecule has 1 rings (SSSR count). The highest BCUT2D eigenvalue weighted by Gasteiger charge is 2.19. The lowest BCUT2D eigenvalue weighted by molar-refractivity contribution is -0.126. The first-order valence-corrected chi connectivity index (χ1v) is 6.63. The molecule has 0 heterocycles. The highest BCUT2D eigenvalue weighted by Crippen LogP contribution is 2.13. The van der Waals surface area contributed by atoms with Crippen LogP contribution in [0.1, 0.15) is 26.3 Å². The van der Waals surface area contributed by atoms with Crippen molar-refractivity contribution in [2.24, 2.45) is 11.8 Å². The van der Waals surface area contributed by atoms with Crippen LogP contribution in [0.2, 0.25) is 0 Å². The number of amides is 1. The summed E-state index contributed by atoms with van der Waals surface area (Å²) in [6, 6.07) is 6.48. The summed E-state index contributed by atoms with van der Waals surface area (Å²) in [7, 11) is 0. The van der Waals surface area contributed by atoms with E-state index in [4.69, 9.17) is 0 Å². The van der Waals surface area contributed by atoms with Gasteiger partial charge in [-0.05, 0) is 30.0 Å². The van der Waals surface area contributed by atoms with E-state index in [-0.39, 0.29) is 36.1 Å². The van der Waals surface area contributed by atoms with Gasteiger partial charge in [0.1, 0.15) is 5.75 Å². The quantitative estimate of drug-likeness (QED) is 0.733. The Balaban J connectivity index is 2.59. The molecule has 0 aliphatic rings. The van der Waals surface area contributed by atoms with E-state index in [1.54, 1.807) is 24.3 Å². The Morgan fingerprint density at radius 1 is 1.21 bits per heavy atom. The lowest BCUT2D eigenvalue weighted by Crippen LogP contribution is -2.42. The molecule has 0 aliphatic heterocycles. The van der Waals surface area contributed by atoms with Crippen molar-refractivity contribution in [3.8, 4) is 5.75 Å². The van der Waals surface area contributed by atoms with Crippen molar-refractivity contribution in [1.82, 2.24) is 5.32 Å². The van der Waals surface area contributed by atoms with Crippen molar-refractivity contribution in [3.63, 3.8) is 0 Å². The first-order chi connectivity index (χ1) is 8.93. The number of hydrogen-bond donors (Lipinski definition) is 3. The van der Waals surface area contributed by atoms with Crippen LogP contribution in [0.15, 0.2) is 24.3 Å². The molecule has 0 fully saturated rings. The van der Waals surface area contributed by atoms with Crippen LogP contribution in [0.3, 0.4) is 0 Å². The van der Waals surface area contributed by atoms with Gasteiger partial charge >= 0.3 is 0 Å². The van der Waals surface area contributed by atoms with Crippen LogP contribution in [0, 0.1) is 11.8 Å². The van der Waals surface area contributed by atoms with E-state index in [0.717, 1.165) is 5.56 Å². The van der Waals surface area contributed by atoms with Crippen LogP contribution in [0.5, 0.6) is 5.75 Å². The second-order valence-corrected chi connectivity index (χ2v) is 5.29. The molecule has 4 nitrogen and oxygen atoms in total. The number of aromatic hydroxyl groups is 1. The summed E-state index contributed by atoms with van der Waals surface area (Å²) >= 11 is 0. The molecular formula is C15H23NO3. The molecule has 1 aromatic rings. The fraction of sp³-hybridized carbons (Fsp3) is 0.533. The fourth-order valence-corrected chi connectivity index (χ4v) is 1.71. The summed E-state index contributed by atoms with van der Waals surface area (Å²) in [6.45, 7) is 5.78. The van der Waals surface area contributed by atoms with Gasteiger partial charge in [0.25, 0.3) is 0 Å². The van der Waals surface area contributed by atoms with Crippen molar-refractivity contribution in [2.45, 2.75) is 33.2 Å². The molecule has 2 atom stereocenters. The largest absolute Gasteiger partial charge is 0.508 e. The zero-order valence-electron chi connectivity index (χ0n) is 11.8. The number of hydrogen-bond acceptors (Lipinski definition) is 3. The molecule has 0 aliphatic carbocycles. The number of carbonyl (C=O) groups is 1. The molecule has 19 heavy (non-hydrogen) atoms. The monoisotopic (exact) mass is 265 g/mol. The Bertz CT molecular complexity index is 400. The Labute approximate surface area is 114 Å². The van der Waals surface area contributed by atoms with E-state index in [2.05, 4.69) is 5.32 Å². The summed E-state index contributed by atoms with van der Waals surface area (Å²) in [5.41, 5.74) is 0.967. The number of aliphatic hydroxyl groups is 1. The van der Waals surface area contributed by atoms with Crippen molar-refractivity contribution in [1.29, 1.82) is 0 Å². The fourth-order valence-electron chi connectivity index (χ4n) is 1.71. The van der Waals surface area contributed by atoms with Crippen LogP contribution in [-0.2, 0) is 11.2 Å². The molecule has 2 unspecified atom stereocenters. The summed E-state index contributed by atoms with van der Waals surface area (Å²) in [5, 5.41) is 21.4. The van der Waals surface area contributed by atoms with E-state index < -0.39 is 0 Å². The topological polar surface area (TPSA) is 69.6 Å². The van der Waals surface area contributed by atoms with Crippen LogP contribution < -0.4 is 5.32 Å². The molecule has 1 aromatic carbocycles. The first kappa shape index (κ1) is 15.5. The van der Waals surface area contributed by atoms with Gasteiger partial charge in [-0.2, -0.15) is 0 Å². The van der Waals surface area contributed by atoms with Crippen molar-refractivity contribution < 1.29 is 15.0 Å². The van der Waals surface area contributed by atoms with Crippen molar-refractivity contribution >= 4 is 5.91 Å². The Morgan fingerprint density at radius 3 is 2.26 bits per heavy atom. The third kappa shape index (κ3) is 4.91. The van der Waals surface area contributed by atoms with Gasteiger partial charge in [0.05, 0.1) is 12.6 Å². The van der Waals surface area contributed by atoms with E-state index in [9.17, 15) is 15.0 Å². The second-order valence-electron chi connectivity index (χ2n) is 5.29. The molecule has 106 valence electrons. The van der Waals surface area contributed by atoms with E-state index in [1.807, 2.05) is 20.8 Å². The van der Waals surface area contributed by atoms with Gasteiger partial charge in [-0.25, -0.2) is 0 Å².